The highest BCUT2D eigenvalue weighted by Gasteiger charge is 2.18. The standard InChI is InChI=1S/C15H24FN3O2.C10H9N3O/c1-3-12(7-5-9-17)19(2)15(21)18-10-11-6-4-8-13(16)14(11)20;1-7(14)13-10-4-9-5-11-3-2-8(9)6-12-10/h4,6,8,12,20H,3,5,7,9-10,17H2,1-2H3,(H,18,21);2-6H,1H3,(H,12,13,14). The number of pyridine rings is 2. The van der Waals surface area contributed by atoms with Crippen molar-refractivity contribution in [3.63, 3.8) is 0 Å². The van der Waals surface area contributed by atoms with Crippen LogP contribution in [0.5, 0.6) is 5.75 Å². The molecule has 188 valence electrons. The van der Waals surface area contributed by atoms with Crippen LogP contribution < -0.4 is 16.4 Å². The first-order chi connectivity index (χ1) is 16.8. The number of hydrogen-bond acceptors (Lipinski definition) is 6. The van der Waals surface area contributed by atoms with Gasteiger partial charge in [0.2, 0.25) is 5.91 Å². The Morgan fingerprint density at radius 3 is 2.69 bits per heavy atom. The molecule has 0 aliphatic heterocycles. The number of fused-ring (bicyclic) bond motifs is 1. The first-order valence-corrected chi connectivity index (χ1v) is 11.4. The van der Waals surface area contributed by atoms with Gasteiger partial charge < -0.3 is 26.4 Å². The third-order valence-corrected chi connectivity index (χ3v) is 5.41. The summed E-state index contributed by atoms with van der Waals surface area (Å²) in [5.41, 5.74) is 5.84. The van der Waals surface area contributed by atoms with Crippen molar-refractivity contribution in [1.29, 1.82) is 0 Å². The van der Waals surface area contributed by atoms with E-state index in [-0.39, 0.29) is 24.5 Å². The van der Waals surface area contributed by atoms with Crippen LogP contribution in [0.1, 0.15) is 38.7 Å². The molecule has 0 saturated heterocycles. The molecule has 0 spiro atoms. The zero-order valence-corrected chi connectivity index (χ0v) is 20.3. The number of urea groups is 1. The van der Waals surface area contributed by atoms with E-state index in [4.69, 9.17) is 5.73 Å². The molecule has 1 unspecified atom stereocenters. The maximum absolute atomic E-state index is 13.2. The number of nitrogens with two attached hydrogens (primary N) is 1. The molecule has 0 aliphatic rings. The van der Waals surface area contributed by atoms with Crippen LogP contribution in [0.2, 0.25) is 0 Å². The lowest BCUT2D eigenvalue weighted by atomic mass is 10.1. The predicted octanol–water partition coefficient (Wildman–Crippen LogP) is 3.78. The van der Waals surface area contributed by atoms with Crippen molar-refractivity contribution in [3.8, 4) is 5.75 Å². The number of carbonyl (C=O) groups is 2. The molecule has 0 radical (unpaired) electrons. The number of amides is 3. The molecule has 0 bridgehead atoms. The molecule has 0 aliphatic carbocycles. The molecule has 3 rings (SSSR count). The Bertz CT molecular complexity index is 1130. The van der Waals surface area contributed by atoms with Crippen LogP contribution in [0.4, 0.5) is 15.0 Å². The van der Waals surface area contributed by atoms with E-state index < -0.39 is 11.6 Å². The fraction of sp³-hybridized carbons (Fsp3) is 0.360. The Labute approximate surface area is 204 Å². The van der Waals surface area contributed by atoms with E-state index >= 15 is 0 Å². The van der Waals surface area contributed by atoms with E-state index in [1.165, 1.54) is 19.1 Å². The van der Waals surface area contributed by atoms with E-state index in [0.29, 0.717) is 17.9 Å². The zero-order chi connectivity index (χ0) is 25.8. The highest BCUT2D eigenvalue weighted by atomic mass is 19.1. The molecule has 0 saturated carbocycles. The number of aromatic hydroxyl groups is 1. The normalized spacial score (nSPS) is 11.2. The average molecular weight is 485 g/mol. The third-order valence-electron chi connectivity index (χ3n) is 5.41. The van der Waals surface area contributed by atoms with Crippen molar-refractivity contribution in [2.75, 3.05) is 18.9 Å². The molecular formula is C25H33FN6O3. The lowest BCUT2D eigenvalue weighted by molar-refractivity contribution is -0.114. The summed E-state index contributed by atoms with van der Waals surface area (Å²) in [7, 11) is 1.73. The van der Waals surface area contributed by atoms with Gasteiger partial charge in [-0.25, -0.2) is 14.2 Å². The summed E-state index contributed by atoms with van der Waals surface area (Å²) in [6.45, 7) is 4.15. The van der Waals surface area contributed by atoms with E-state index in [9.17, 15) is 19.1 Å². The Morgan fingerprint density at radius 2 is 2.00 bits per heavy atom. The van der Waals surface area contributed by atoms with Crippen molar-refractivity contribution in [2.24, 2.45) is 5.73 Å². The number of hydrogen-bond donors (Lipinski definition) is 4. The average Bonchev–Trinajstić information content (AvgIpc) is 2.85. The highest BCUT2D eigenvalue weighted by molar-refractivity contribution is 5.91. The molecular weight excluding hydrogens is 451 g/mol. The quantitative estimate of drug-likeness (QED) is 0.385. The van der Waals surface area contributed by atoms with Gasteiger partial charge >= 0.3 is 6.03 Å². The molecule has 1 atom stereocenters. The Kier molecular flexibility index (Phi) is 10.8. The van der Waals surface area contributed by atoms with Crippen LogP contribution >= 0.6 is 0 Å². The molecule has 9 nitrogen and oxygen atoms in total. The van der Waals surface area contributed by atoms with Gasteiger partial charge in [-0.05, 0) is 44.0 Å². The molecule has 10 heteroatoms. The Balaban J connectivity index is 0.000000266. The van der Waals surface area contributed by atoms with Crippen molar-refractivity contribution < 1.29 is 19.1 Å². The second-order valence-corrected chi connectivity index (χ2v) is 7.98. The lowest BCUT2D eigenvalue weighted by Crippen LogP contribution is -2.43. The van der Waals surface area contributed by atoms with Crippen LogP contribution in [0.3, 0.4) is 0 Å². The SMILES string of the molecule is CC(=O)Nc1cc2cnccc2cn1.CCC(CCCN)N(C)C(=O)NCc1cccc(F)c1O. The van der Waals surface area contributed by atoms with Crippen molar-refractivity contribution >= 4 is 28.5 Å². The van der Waals surface area contributed by atoms with Gasteiger partial charge in [0.05, 0.1) is 0 Å². The fourth-order valence-corrected chi connectivity index (χ4v) is 3.42. The van der Waals surface area contributed by atoms with Crippen LogP contribution in [-0.4, -0.2) is 51.5 Å². The maximum Gasteiger partial charge on any atom is 0.317 e. The lowest BCUT2D eigenvalue weighted by Gasteiger charge is -2.27. The van der Waals surface area contributed by atoms with Gasteiger partial charge in [-0.3, -0.25) is 9.78 Å². The number of carbonyl (C=O) groups excluding carboxylic acids is 2. The van der Waals surface area contributed by atoms with Crippen LogP contribution in [-0.2, 0) is 11.3 Å². The smallest absolute Gasteiger partial charge is 0.317 e. The number of phenols is 1. The van der Waals surface area contributed by atoms with E-state index in [1.54, 1.807) is 42.7 Å². The first kappa shape index (κ1) is 27.5. The minimum Gasteiger partial charge on any atom is -0.505 e. The third kappa shape index (κ3) is 8.49. The molecule has 35 heavy (non-hydrogen) atoms. The van der Waals surface area contributed by atoms with E-state index in [1.807, 2.05) is 13.0 Å². The van der Waals surface area contributed by atoms with Gasteiger partial charge in [-0.15, -0.1) is 0 Å². The summed E-state index contributed by atoms with van der Waals surface area (Å²) in [5, 5.41) is 16.8. The summed E-state index contributed by atoms with van der Waals surface area (Å²) < 4.78 is 13.2. The van der Waals surface area contributed by atoms with Crippen molar-refractivity contribution in [1.82, 2.24) is 20.2 Å². The highest BCUT2D eigenvalue weighted by Crippen LogP contribution is 2.20. The van der Waals surface area contributed by atoms with Crippen LogP contribution in [0.25, 0.3) is 10.8 Å². The van der Waals surface area contributed by atoms with Crippen LogP contribution in [0, 0.1) is 5.82 Å². The monoisotopic (exact) mass is 484 g/mol. The number of para-hydroxylation sites is 1. The number of aromatic nitrogens is 2. The zero-order valence-electron chi connectivity index (χ0n) is 20.3. The largest absolute Gasteiger partial charge is 0.505 e. The summed E-state index contributed by atoms with van der Waals surface area (Å²) in [6, 6.07) is 7.79. The number of anilines is 1. The number of nitrogens with zero attached hydrogens (tertiary/aromatic N) is 3. The second-order valence-electron chi connectivity index (χ2n) is 7.98. The molecule has 3 amide bonds. The summed E-state index contributed by atoms with van der Waals surface area (Å²) in [4.78, 5) is 32.6. The summed E-state index contributed by atoms with van der Waals surface area (Å²) in [5.74, 6) is -0.682. The number of benzene rings is 1. The van der Waals surface area contributed by atoms with Gasteiger partial charge in [0.25, 0.3) is 0 Å². The van der Waals surface area contributed by atoms with Crippen LogP contribution in [0.15, 0.2) is 48.9 Å². The van der Waals surface area contributed by atoms with Gasteiger partial charge in [0.15, 0.2) is 11.6 Å². The number of phenolic OH excluding ortho intramolecular Hbond substituents is 1. The molecule has 5 N–H and O–H groups in total. The number of rotatable bonds is 8. The molecule has 2 aromatic heterocycles. The topological polar surface area (TPSA) is 133 Å². The second kappa shape index (κ2) is 13.8. The maximum atomic E-state index is 13.2. The van der Waals surface area contributed by atoms with Gasteiger partial charge in [0, 0.05) is 61.5 Å². The van der Waals surface area contributed by atoms with Gasteiger partial charge in [-0.2, -0.15) is 0 Å². The molecule has 1 aromatic carbocycles. The van der Waals surface area contributed by atoms with Crippen molar-refractivity contribution in [2.45, 2.75) is 45.7 Å². The first-order valence-electron chi connectivity index (χ1n) is 11.4. The number of halogens is 1. The minimum atomic E-state index is -0.690. The number of nitrogens with one attached hydrogen (secondary N) is 2. The Morgan fingerprint density at radius 1 is 1.23 bits per heavy atom. The summed E-state index contributed by atoms with van der Waals surface area (Å²) >= 11 is 0. The molecule has 2 heterocycles. The molecule has 0 fully saturated rings. The Hall–Kier alpha value is -3.79. The summed E-state index contributed by atoms with van der Waals surface area (Å²) in [6.07, 6.45) is 7.71. The fourth-order valence-electron chi connectivity index (χ4n) is 3.42. The predicted molar refractivity (Wildman–Crippen MR) is 134 cm³/mol. The molecule has 3 aromatic rings. The van der Waals surface area contributed by atoms with E-state index in [2.05, 4.69) is 20.6 Å². The van der Waals surface area contributed by atoms with Gasteiger partial charge in [0.1, 0.15) is 5.82 Å². The van der Waals surface area contributed by atoms with Gasteiger partial charge in [-0.1, -0.05) is 19.1 Å². The van der Waals surface area contributed by atoms with Crippen molar-refractivity contribution in [3.05, 3.63) is 60.3 Å². The van der Waals surface area contributed by atoms with E-state index in [0.717, 1.165) is 30.0 Å². The minimum absolute atomic E-state index is 0.0834.